The fourth-order valence-electron chi connectivity index (χ4n) is 5.65. The molecule has 0 bridgehead atoms. The van der Waals surface area contributed by atoms with Gasteiger partial charge >= 0.3 is 12.0 Å². The number of hydrogen-bond acceptors (Lipinski definition) is 6. The number of halogens is 3. The number of alkyl halides is 2. The highest BCUT2D eigenvalue weighted by atomic mass is 35.5. The second-order valence-electron chi connectivity index (χ2n) is 12.9. The second-order valence-corrected chi connectivity index (χ2v) is 13.3. The molecule has 13 heteroatoms. The van der Waals surface area contributed by atoms with Crippen LogP contribution in [-0.4, -0.2) is 59.7 Å². The summed E-state index contributed by atoms with van der Waals surface area (Å²) < 4.78 is 37.3. The third-order valence-corrected chi connectivity index (χ3v) is 9.11. The zero-order valence-corrected chi connectivity index (χ0v) is 26.2. The number of amides is 4. The average molecular weight is 661 g/mol. The summed E-state index contributed by atoms with van der Waals surface area (Å²) in [6.07, 6.45) is -1.20. The fourth-order valence-corrected chi connectivity index (χ4v) is 5.84. The van der Waals surface area contributed by atoms with E-state index in [2.05, 4.69) is 21.3 Å². The molecular weight excluding hydrogens is 622 g/mol. The Morgan fingerprint density at radius 3 is 2.39 bits per heavy atom. The highest BCUT2D eigenvalue weighted by molar-refractivity contribution is 6.30. The molecule has 1 aliphatic heterocycles. The first-order valence-corrected chi connectivity index (χ1v) is 15.9. The molecule has 2 aromatic carbocycles. The van der Waals surface area contributed by atoms with Crippen molar-refractivity contribution < 1.29 is 37.8 Å². The number of benzene rings is 2. The van der Waals surface area contributed by atoms with Crippen molar-refractivity contribution in [3.8, 4) is 0 Å². The van der Waals surface area contributed by atoms with Crippen LogP contribution in [0.2, 0.25) is 5.02 Å². The first-order chi connectivity index (χ1) is 21.8. The summed E-state index contributed by atoms with van der Waals surface area (Å²) in [5.74, 6) is -5.88. The van der Waals surface area contributed by atoms with Crippen molar-refractivity contribution in [3.05, 3.63) is 70.7 Å². The molecule has 0 spiro atoms. The van der Waals surface area contributed by atoms with E-state index in [1.807, 2.05) is 6.92 Å². The van der Waals surface area contributed by atoms with E-state index in [0.717, 1.165) is 31.7 Å². The van der Waals surface area contributed by atoms with E-state index < -0.39 is 59.6 Å². The molecule has 2 aliphatic carbocycles. The second kappa shape index (κ2) is 13.9. The van der Waals surface area contributed by atoms with Gasteiger partial charge in [-0.15, -0.1) is 0 Å². The molecule has 10 nitrogen and oxygen atoms in total. The number of rotatable bonds is 14. The molecule has 0 aromatic heterocycles. The largest absolute Gasteiger partial charge is 0.434 e. The quantitative estimate of drug-likeness (QED) is 0.206. The molecule has 5 rings (SSSR count). The van der Waals surface area contributed by atoms with Crippen LogP contribution in [0.1, 0.15) is 69.1 Å². The molecule has 46 heavy (non-hydrogen) atoms. The van der Waals surface area contributed by atoms with Crippen LogP contribution in [0.5, 0.6) is 0 Å². The summed E-state index contributed by atoms with van der Waals surface area (Å²) >= 11 is 5.99. The van der Waals surface area contributed by atoms with E-state index in [9.17, 15) is 24.3 Å². The Balaban J connectivity index is 1.34. The first-order valence-electron chi connectivity index (χ1n) is 15.6. The molecule has 4 amide bonds. The van der Waals surface area contributed by atoms with E-state index in [-0.39, 0.29) is 40.8 Å². The van der Waals surface area contributed by atoms with Gasteiger partial charge in [-0.2, -0.15) is 8.78 Å². The van der Waals surface area contributed by atoms with Crippen molar-refractivity contribution >= 4 is 35.4 Å². The van der Waals surface area contributed by atoms with Gasteiger partial charge in [0.05, 0.1) is 6.04 Å². The monoisotopic (exact) mass is 660 g/mol. The Hall–Kier alpha value is -3.77. The molecule has 5 N–H and O–H groups in total. The predicted molar refractivity (Wildman–Crippen MR) is 165 cm³/mol. The molecule has 3 fully saturated rings. The lowest BCUT2D eigenvalue weighted by atomic mass is 9.93. The van der Waals surface area contributed by atoms with Gasteiger partial charge < -0.3 is 31.1 Å². The minimum Gasteiger partial charge on any atom is -0.434 e. The number of ether oxygens (including phenoxy) is 1. The summed E-state index contributed by atoms with van der Waals surface area (Å²) in [4.78, 5) is 52.2. The summed E-state index contributed by atoms with van der Waals surface area (Å²) in [6.45, 7) is 2.37. The Bertz CT molecular complexity index is 1440. The van der Waals surface area contributed by atoms with Gasteiger partial charge in [-0.05, 0) is 68.1 Å². The molecule has 1 heterocycles. The van der Waals surface area contributed by atoms with Crippen LogP contribution < -0.4 is 21.3 Å². The molecule has 0 radical (unpaired) electrons. The molecule has 2 saturated carbocycles. The maximum Gasteiger partial charge on any atom is 0.408 e. The zero-order chi connectivity index (χ0) is 33.1. The third-order valence-electron chi connectivity index (χ3n) is 8.88. The Kier molecular flexibility index (Phi) is 10.2. The maximum absolute atomic E-state index is 15.9. The molecule has 248 valence electrons. The van der Waals surface area contributed by atoms with Crippen LogP contribution >= 0.6 is 11.6 Å². The van der Waals surface area contributed by atoms with Gasteiger partial charge in [0.2, 0.25) is 11.8 Å². The van der Waals surface area contributed by atoms with Crippen molar-refractivity contribution in [2.24, 2.45) is 11.3 Å². The highest BCUT2D eigenvalue weighted by Crippen LogP contribution is 2.49. The number of carbonyl (C=O) groups excluding carboxylic acids is 4. The van der Waals surface area contributed by atoms with E-state index in [0.29, 0.717) is 13.0 Å². The molecule has 2 unspecified atom stereocenters. The Morgan fingerprint density at radius 1 is 1.07 bits per heavy atom. The summed E-state index contributed by atoms with van der Waals surface area (Å²) in [5.41, 5.74) is -0.724. The van der Waals surface area contributed by atoms with Gasteiger partial charge in [-0.1, -0.05) is 61.0 Å². The van der Waals surface area contributed by atoms with Crippen molar-refractivity contribution in [1.29, 1.82) is 0 Å². The normalized spacial score (nSPS) is 21.2. The van der Waals surface area contributed by atoms with E-state index >= 15 is 8.78 Å². The number of alkyl carbamates (subject to hydrolysis) is 1. The lowest BCUT2D eigenvalue weighted by Gasteiger charge is -2.30. The predicted octanol–water partition coefficient (Wildman–Crippen LogP) is 4.11. The van der Waals surface area contributed by atoms with Gasteiger partial charge in [0, 0.05) is 29.1 Å². The molecule has 1 saturated heterocycles. The van der Waals surface area contributed by atoms with E-state index in [1.165, 1.54) is 42.5 Å². The summed E-state index contributed by atoms with van der Waals surface area (Å²) in [6, 6.07) is 10.2. The van der Waals surface area contributed by atoms with Crippen LogP contribution in [-0.2, 0) is 25.0 Å². The van der Waals surface area contributed by atoms with Gasteiger partial charge in [0.25, 0.3) is 5.91 Å². The van der Waals surface area contributed by atoms with Gasteiger partial charge in [0.15, 0.2) is 12.2 Å². The number of aliphatic hydroxyl groups is 1. The standard InChI is InChI=1S/C33H39ClF2N4O6/c1-32(13-14-32)18-25(29(43)39-24(16-20-12-15-37-28(20)42)26(41)30(44)38-23-10-11-23)40-31(45)46-27(19-6-3-2-4-7-19)33(35,36)21-8-5-9-22(34)17-21/h2-9,17,20,23-27,41H,10-16,18H2,1H3,(H,37,42)(H,38,44)(H,39,43)(H,40,45)/t20-,24-,25-,26?,27?/m0/s1. The van der Waals surface area contributed by atoms with Crippen LogP contribution in [0.15, 0.2) is 54.6 Å². The smallest absolute Gasteiger partial charge is 0.408 e. The number of hydrogen-bond donors (Lipinski definition) is 5. The van der Waals surface area contributed by atoms with Crippen LogP contribution in [0.25, 0.3) is 0 Å². The van der Waals surface area contributed by atoms with Crippen molar-refractivity contribution in [2.75, 3.05) is 6.54 Å². The maximum atomic E-state index is 15.9. The third kappa shape index (κ3) is 8.52. The molecule has 2 aromatic rings. The van der Waals surface area contributed by atoms with Crippen LogP contribution in [0.3, 0.4) is 0 Å². The summed E-state index contributed by atoms with van der Waals surface area (Å²) in [5, 5.41) is 21.6. The lowest BCUT2D eigenvalue weighted by Crippen LogP contribution is -2.57. The zero-order valence-electron chi connectivity index (χ0n) is 25.4. The van der Waals surface area contributed by atoms with E-state index in [4.69, 9.17) is 16.3 Å². The molecule has 5 atom stereocenters. The lowest BCUT2D eigenvalue weighted by molar-refractivity contribution is -0.134. The van der Waals surface area contributed by atoms with E-state index in [1.54, 1.807) is 6.07 Å². The fraction of sp³-hybridized carbons (Fsp3) is 0.515. The first kappa shape index (κ1) is 33.6. The van der Waals surface area contributed by atoms with Crippen molar-refractivity contribution in [1.82, 2.24) is 21.3 Å². The van der Waals surface area contributed by atoms with Crippen LogP contribution in [0, 0.1) is 11.3 Å². The van der Waals surface area contributed by atoms with Gasteiger partial charge in [0.1, 0.15) is 6.04 Å². The number of aliphatic hydroxyl groups excluding tert-OH is 1. The van der Waals surface area contributed by atoms with Gasteiger partial charge in [-0.25, -0.2) is 4.79 Å². The molecular formula is C33H39ClF2N4O6. The minimum absolute atomic E-state index is 0.00675. The van der Waals surface area contributed by atoms with Crippen molar-refractivity contribution in [3.63, 3.8) is 0 Å². The van der Waals surface area contributed by atoms with Crippen molar-refractivity contribution in [2.45, 2.75) is 88.1 Å². The minimum atomic E-state index is -3.70. The topological polar surface area (TPSA) is 146 Å². The number of carbonyl (C=O) groups is 4. The molecule has 3 aliphatic rings. The Morgan fingerprint density at radius 2 is 1.78 bits per heavy atom. The Labute approximate surface area is 271 Å². The van der Waals surface area contributed by atoms with Gasteiger partial charge in [-0.3, -0.25) is 14.4 Å². The average Bonchev–Trinajstić information content (AvgIpc) is 3.95. The van der Waals surface area contributed by atoms with Crippen LogP contribution in [0.4, 0.5) is 13.6 Å². The summed E-state index contributed by atoms with van der Waals surface area (Å²) in [7, 11) is 0. The SMILES string of the molecule is CC1(C[C@H](NC(=O)OC(c2ccccc2)C(F)(F)c2cccc(Cl)c2)C(=O)N[C@@H](C[C@@H]2CCNC2=O)C(O)C(=O)NC2CC2)CC1. The number of nitrogens with one attached hydrogen (secondary N) is 4. The highest BCUT2D eigenvalue weighted by Gasteiger charge is 2.47.